The minimum absolute atomic E-state index is 0.0203. The second-order valence-corrected chi connectivity index (χ2v) is 5.14. The summed E-state index contributed by atoms with van der Waals surface area (Å²) in [6.45, 7) is -0.378. The lowest BCUT2D eigenvalue weighted by atomic mass is 10.1. The van der Waals surface area contributed by atoms with Crippen LogP contribution in [0.4, 0.5) is 14.9 Å². The van der Waals surface area contributed by atoms with E-state index in [2.05, 4.69) is 10.6 Å². The Morgan fingerprint density at radius 1 is 1.30 bits per heavy atom. The van der Waals surface area contributed by atoms with Gasteiger partial charge in [-0.2, -0.15) is 0 Å². The summed E-state index contributed by atoms with van der Waals surface area (Å²) in [5.74, 6) is 0.0563. The van der Waals surface area contributed by atoms with E-state index in [0.29, 0.717) is 17.0 Å². The van der Waals surface area contributed by atoms with Crippen LogP contribution in [-0.4, -0.2) is 24.9 Å². The Morgan fingerprint density at radius 2 is 2.00 bits per heavy atom. The molecule has 0 aromatic heterocycles. The maximum absolute atomic E-state index is 13.5. The summed E-state index contributed by atoms with van der Waals surface area (Å²) < 4.78 is 18.5. The van der Waals surface area contributed by atoms with Crippen molar-refractivity contribution >= 4 is 23.3 Å². The molecule has 23 heavy (non-hydrogen) atoms. The fraction of sp³-hybridized carbons (Fsp3) is 0.188. The van der Waals surface area contributed by atoms with Crippen molar-refractivity contribution in [3.05, 3.63) is 58.9 Å². The maximum atomic E-state index is 13.5. The quantitative estimate of drug-likeness (QED) is 0.783. The van der Waals surface area contributed by atoms with Gasteiger partial charge in [0, 0.05) is 5.69 Å². The predicted molar refractivity (Wildman–Crippen MR) is 86.4 cm³/mol. The van der Waals surface area contributed by atoms with Crippen molar-refractivity contribution in [3.63, 3.8) is 0 Å². The summed E-state index contributed by atoms with van der Waals surface area (Å²) >= 11 is 5.62. The summed E-state index contributed by atoms with van der Waals surface area (Å²) in [5.41, 5.74) is 0.974. The number of amides is 2. The van der Waals surface area contributed by atoms with Crippen LogP contribution >= 0.6 is 11.6 Å². The first-order valence-corrected chi connectivity index (χ1v) is 7.18. The van der Waals surface area contributed by atoms with E-state index < -0.39 is 17.9 Å². The van der Waals surface area contributed by atoms with Gasteiger partial charge in [-0.1, -0.05) is 17.7 Å². The Hall–Kier alpha value is -2.31. The normalized spacial score (nSPS) is 11.7. The highest BCUT2D eigenvalue weighted by atomic mass is 35.5. The Morgan fingerprint density at radius 3 is 2.57 bits per heavy atom. The van der Waals surface area contributed by atoms with Gasteiger partial charge in [-0.05, 0) is 42.0 Å². The first kappa shape index (κ1) is 17.1. The zero-order valence-electron chi connectivity index (χ0n) is 12.3. The number of halogens is 2. The molecule has 0 saturated heterocycles. The third-order valence-electron chi connectivity index (χ3n) is 3.18. The number of hydrogen-bond acceptors (Lipinski definition) is 3. The molecule has 5 nitrogen and oxygen atoms in total. The van der Waals surface area contributed by atoms with E-state index in [1.807, 2.05) is 0 Å². The fourth-order valence-electron chi connectivity index (χ4n) is 1.96. The van der Waals surface area contributed by atoms with Crippen LogP contribution in [0.25, 0.3) is 0 Å². The zero-order valence-corrected chi connectivity index (χ0v) is 13.1. The lowest BCUT2D eigenvalue weighted by molar-refractivity contribution is 0.225. The lowest BCUT2D eigenvalue weighted by Gasteiger charge is -2.17. The number of carbonyl (C=O) groups is 1. The Labute approximate surface area is 138 Å². The van der Waals surface area contributed by atoms with Crippen LogP contribution in [0.15, 0.2) is 42.5 Å². The van der Waals surface area contributed by atoms with Crippen molar-refractivity contribution < 1.29 is 19.0 Å². The van der Waals surface area contributed by atoms with Crippen LogP contribution in [-0.2, 0) is 0 Å². The molecule has 0 saturated carbocycles. The van der Waals surface area contributed by atoms with Crippen LogP contribution in [0.1, 0.15) is 11.6 Å². The minimum atomic E-state index is -0.750. The molecule has 0 fully saturated rings. The van der Waals surface area contributed by atoms with Gasteiger partial charge < -0.3 is 20.5 Å². The molecule has 2 aromatic rings. The number of hydrogen-bond donors (Lipinski definition) is 3. The molecule has 0 radical (unpaired) electrons. The van der Waals surface area contributed by atoms with Gasteiger partial charge in [-0.3, -0.25) is 0 Å². The predicted octanol–water partition coefficient (Wildman–Crippen LogP) is 3.34. The third kappa shape index (κ3) is 4.58. The van der Waals surface area contributed by atoms with Crippen molar-refractivity contribution in [1.29, 1.82) is 0 Å². The molecule has 1 unspecified atom stereocenters. The van der Waals surface area contributed by atoms with Crippen molar-refractivity contribution in [2.24, 2.45) is 0 Å². The number of methoxy groups -OCH3 is 1. The second-order valence-electron chi connectivity index (χ2n) is 4.74. The number of rotatable bonds is 5. The number of aliphatic hydroxyl groups excluding tert-OH is 1. The highest BCUT2D eigenvalue weighted by Gasteiger charge is 2.15. The van der Waals surface area contributed by atoms with Crippen LogP contribution in [0, 0.1) is 5.82 Å². The van der Waals surface area contributed by atoms with E-state index in [4.69, 9.17) is 16.3 Å². The molecule has 1 atom stereocenters. The molecular weight excluding hydrogens is 323 g/mol. The highest BCUT2D eigenvalue weighted by Crippen LogP contribution is 2.20. The summed E-state index contributed by atoms with van der Waals surface area (Å²) in [5, 5.41) is 14.6. The number of carbonyl (C=O) groups excluding carboxylic acids is 1. The van der Waals surface area contributed by atoms with E-state index in [1.165, 1.54) is 12.1 Å². The molecule has 2 rings (SSSR count). The van der Waals surface area contributed by atoms with Crippen molar-refractivity contribution in [1.82, 2.24) is 5.32 Å². The number of nitrogens with one attached hydrogen (secondary N) is 2. The van der Waals surface area contributed by atoms with E-state index in [-0.39, 0.29) is 11.6 Å². The number of urea groups is 1. The molecule has 0 heterocycles. The van der Waals surface area contributed by atoms with Gasteiger partial charge in [0.1, 0.15) is 11.6 Å². The number of aliphatic hydroxyl groups is 1. The fourth-order valence-corrected chi connectivity index (χ4v) is 2.08. The van der Waals surface area contributed by atoms with Crippen LogP contribution in [0.2, 0.25) is 5.02 Å². The molecule has 0 aliphatic carbocycles. The molecule has 0 aliphatic rings. The van der Waals surface area contributed by atoms with Gasteiger partial charge in [0.05, 0.1) is 24.8 Å². The SMILES string of the molecule is COc1ccc(NC(=O)NC(CO)c2ccc(Cl)c(F)c2)cc1. The molecular formula is C16H16ClFN2O3. The molecule has 2 amide bonds. The molecule has 0 spiro atoms. The average Bonchev–Trinajstić information content (AvgIpc) is 2.56. The molecule has 122 valence electrons. The largest absolute Gasteiger partial charge is 0.497 e. The van der Waals surface area contributed by atoms with Gasteiger partial charge in [0.15, 0.2) is 0 Å². The highest BCUT2D eigenvalue weighted by molar-refractivity contribution is 6.30. The van der Waals surface area contributed by atoms with Gasteiger partial charge in [0.25, 0.3) is 0 Å². The zero-order chi connectivity index (χ0) is 16.8. The van der Waals surface area contributed by atoms with Crippen LogP contribution in [0.5, 0.6) is 5.75 Å². The molecule has 3 N–H and O–H groups in total. The number of ether oxygens (including phenoxy) is 1. The summed E-state index contributed by atoms with van der Waals surface area (Å²) in [4.78, 5) is 12.0. The van der Waals surface area contributed by atoms with E-state index in [9.17, 15) is 14.3 Å². The van der Waals surface area contributed by atoms with Gasteiger partial charge >= 0.3 is 6.03 Å². The number of benzene rings is 2. The lowest BCUT2D eigenvalue weighted by Crippen LogP contribution is -2.34. The molecule has 0 bridgehead atoms. The standard InChI is InChI=1S/C16H16ClFN2O3/c1-23-12-5-3-11(4-6-12)19-16(22)20-15(9-21)10-2-7-13(17)14(18)8-10/h2-8,15,21H,9H2,1H3,(H2,19,20,22). The maximum Gasteiger partial charge on any atom is 0.319 e. The first-order valence-electron chi connectivity index (χ1n) is 6.81. The second kappa shape index (κ2) is 7.80. The molecule has 2 aromatic carbocycles. The third-order valence-corrected chi connectivity index (χ3v) is 3.49. The molecule has 0 aliphatic heterocycles. The Bertz CT molecular complexity index is 680. The van der Waals surface area contributed by atoms with Crippen LogP contribution in [0.3, 0.4) is 0 Å². The van der Waals surface area contributed by atoms with Crippen molar-refractivity contribution in [2.45, 2.75) is 6.04 Å². The van der Waals surface area contributed by atoms with Gasteiger partial charge in [-0.25, -0.2) is 9.18 Å². The van der Waals surface area contributed by atoms with E-state index in [1.54, 1.807) is 37.4 Å². The summed E-state index contributed by atoms with van der Waals surface area (Å²) in [6.07, 6.45) is 0. The van der Waals surface area contributed by atoms with Gasteiger partial charge in [-0.15, -0.1) is 0 Å². The average molecular weight is 339 g/mol. The Kier molecular flexibility index (Phi) is 5.78. The topological polar surface area (TPSA) is 70.6 Å². The Balaban J connectivity index is 2.02. The molecule has 7 heteroatoms. The monoisotopic (exact) mass is 338 g/mol. The summed E-state index contributed by atoms with van der Waals surface area (Å²) in [7, 11) is 1.55. The van der Waals surface area contributed by atoms with Crippen molar-refractivity contribution in [2.75, 3.05) is 19.0 Å². The van der Waals surface area contributed by atoms with E-state index in [0.717, 1.165) is 0 Å². The summed E-state index contributed by atoms with van der Waals surface area (Å²) in [6, 6.07) is 9.57. The number of anilines is 1. The minimum Gasteiger partial charge on any atom is -0.497 e. The van der Waals surface area contributed by atoms with Gasteiger partial charge in [0.2, 0.25) is 0 Å². The first-order chi connectivity index (χ1) is 11.0. The van der Waals surface area contributed by atoms with E-state index >= 15 is 0 Å². The van der Waals surface area contributed by atoms with Crippen molar-refractivity contribution in [3.8, 4) is 5.75 Å². The van der Waals surface area contributed by atoms with Crippen LogP contribution < -0.4 is 15.4 Å². The smallest absolute Gasteiger partial charge is 0.319 e.